The molecule has 0 saturated carbocycles. The molecule has 0 saturated heterocycles. The number of hydrogen-bond donors (Lipinski definition) is 1. The van der Waals surface area contributed by atoms with Crippen LogP contribution in [-0.4, -0.2) is 18.7 Å². The molecule has 4 heteroatoms. The lowest BCUT2D eigenvalue weighted by atomic mass is 9.98. The summed E-state index contributed by atoms with van der Waals surface area (Å²) in [6, 6.07) is 33.2. The zero-order valence-corrected chi connectivity index (χ0v) is 19.6. The van der Waals surface area contributed by atoms with Gasteiger partial charge in [-0.25, -0.2) is 4.99 Å². The lowest BCUT2D eigenvalue weighted by molar-refractivity contribution is 0.415. The molecule has 4 aromatic carbocycles. The molecule has 34 heavy (non-hydrogen) atoms. The number of para-hydroxylation sites is 1. The molecule has 0 aliphatic carbocycles. The maximum Gasteiger partial charge on any atom is 0.154 e. The molecule has 5 rings (SSSR count). The van der Waals surface area contributed by atoms with Crippen molar-refractivity contribution in [3.63, 3.8) is 0 Å². The first-order valence-corrected chi connectivity index (χ1v) is 11.5. The molecule has 0 fully saturated rings. The van der Waals surface area contributed by atoms with Gasteiger partial charge in [0.1, 0.15) is 5.75 Å². The number of rotatable bonds is 5. The summed E-state index contributed by atoms with van der Waals surface area (Å²) >= 11 is 0. The molecule has 0 aromatic heterocycles. The minimum atomic E-state index is 0.490. The molecule has 1 aliphatic rings. The molecule has 4 aromatic rings. The lowest BCUT2D eigenvalue weighted by Crippen LogP contribution is -2.19. The van der Waals surface area contributed by atoms with Crippen LogP contribution in [0.5, 0.6) is 5.75 Å². The minimum Gasteiger partial charge on any atom is -0.497 e. The van der Waals surface area contributed by atoms with E-state index in [1.54, 1.807) is 7.11 Å². The number of amidine groups is 1. The van der Waals surface area contributed by atoms with Crippen LogP contribution in [0.4, 0.5) is 5.69 Å². The van der Waals surface area contributed by atoms with Crippen LogP contribution in [0.25, 0.3) is 11.1 Å². The summed E-state index contributed by atoms with van der Waals surface area (Å²) in [4.78, 5) is 4.92. The van der Waals surface area contributed by atoms with Gasteiger partial charge < -0.3 is 4.74 Å². The second-order valence-corrected chi connectivity index (χ2v) is 8.63. The van der Waals surface area contributed by atoms with Gasteiger partial charge in [-0.1, -0.05) is 92.7 Å². The zero-order valence-electron chi connectivity index (χ0n) is 19.6. The van der Waals surface area contributed by atoms with Crippen LogP contribution in [0.15, 0.2) is 107 Å². The summed E-state index contributed by atoms with van der Waals surface area (Å²) in [5, 5.41) is 4.79. The molecule has 0 amide bonds. The van der Waals surface area contributed by atoms with Crippen molar-refractivity contribution in [3.8, 4) is 16.9 Å². The zero-order chi connectivity index (χ0) is 23.5. The number of nitrogens with zero attached hydrogens (tertiary/aromatic N) is 2. The highest BCUT2D eigenvalue weighted by Gasteiger charge is 2.17. The van der Waals surface area contributed by atoms with Crippen molar-refractivity contribution in [2.45, 2.75) is 19.8 Å². The fraction of sp³-hybridized carbons (Fsp3) is 0.133. The molecule has 0 unspecified atom stereocenters. The summed E-state index contributed by atoms with van der Waals surface area (Å²) < 4.78 is 5.27. The Morgan fingerprint density at radius 1 is 0.676 bits per heavy atom. The van der Waals surface area contributed by atoms with Crippen LogP contribution in [0, 0.1) is 0 Å². The number of hydrogen-bond acceptors (Lipinski definition) is 4. The minimum absolute atomic E-state index is 0.490. The number of benzene rings is 4. The SMILES string of the molecule is COc1ccc(-c2ccc(C3=NNC(c4ccc(C(C)C)cc4)=Nc4ccccc43)cc2)cc1. The van der Waals surface area contributed by atoms with Crippen LogP contribution >= 0.6 is 0 Å². The fourth-order valence-corrected chi connectivity index (χ4v) is 4.06. The lowest BCUT2D eigenvalue weighted by Gasteiger charge is -2.09. The third-order valence-electron chi connectivity index (χ3n) is 6.10. The number of nitrogens with one attached hydrogen (secondary N) is 1. The second kappa shape index (κ2) is 9.36. The van der Waals surface area contributed by atoms with Gasteiger partial charge in [0.2, 0.25) is 0 Å². The fourth-order valence-electron chi connectivity index (χ4n) is 4.06. The second-order valence-electron chi connectivity index (χ2n) is 8.63. The Bertz CT molecular complexity index is 1350. The average molecular weight is 446 g/mol. The summed E-state index contributed by atoms with van der Waals surface area (Å²) in [7, 11) is 1.68. The predicted molar refractivity (Wildman–Crippen MR) is 140 cm³/mol. The van der Waals surface area contributed by atoms with E-state index in [9.17, 15) is 0 Å². The Morgan fingerprint density at radius 2 is 1.26 bits per heavy atom. The molecule has 1 N–H and O–H groups in total. The van der Waals surface area contributed by atoms with Gasteiger partial charge in [0.05, 0.1) is 18.5 Å². The van der Waals surface area contributed by atoms with Crippen LogP contribution in [0.3, 0.4) is 0 Å². The summed E-state index contributed by atoms with van der Waals surface area (Å²) in [5.74, 6) is 2.09. The molecular formula is C30H27N3O. The van der Waals surface area contributed by atoms with Gasteiger partial charge in [-0.2, -0.15) is 5.10 Å². The summed E-state index contributed by atoms with van der Waals surface area (Å²) in [5.41, 5.74) is 11.6. The number of ether oxygens (including phenoxy) is 1. The van der Waals surface area contributed by atoms with Crippen molar-refractivity contribution >= 4 is 17.2 Å². The molecule has 0 radical (unpaired) electrons. The van der Waals surface area contributed by atoms with E-state index < -0.39 is 0 Å². The molecule has 168 valence electrons. The van der Waals surface area contributed by atoms with E-state index in [2.05, 4.69) is 86.0 Å². The maximum absolute atomic E-state index is 5.27. The van der Waals surface area contributed by atoms with Crippen LogP contribution in [-0.2, 0) is 0 Å². The Hall–Kier alpha value is -4.18. The van der Waals surface area contributed by atoms with Gasteiger partial charge in [0, 0.05) is 16.7 Å². The van der Waals surface area contributed by atoms with E-state index >= 15 is 0 Å². The standard InChI is InChI=1S/C30H27N3O/c1-20(2)21-8-14-25(15-9-21)30-31-28-7-5-4-6-27(28)29(32-33-30)24-12-10-22(11-13-24)23-16-18-26(34-3)19-17-23/h4-20H,1-3H3,(H,31,33). The Labute approximate surface area is 200 Å². The molecular weight excluding hydrogens is 418 g/mol. The number of aliphatic imine (C=N–C) groups is 1. The van der Waals surface area contributed by atoms with Crippen molar-refractivity contribution in [3.05, 3.63) is 119 Å². The van der Waals surface area contributed by atoms with Crippen LogP contribution in [0.2, 0.25) is 0 Å². The van der Waals surface area contributed by atoms with Crippen molar-refractivity contribution in [2.75, 3.05) is 7.11 Å². The Kier molecular flexibility index (Phi) is 5.96. The Balaban J connectivity index is 1.48. The highest BCUT2D eigenvalue weighted by Crippen LogP contribution is 2.28. The van der Waals surface area contributed by atoms with Gasteiger partial charge in [0.25, 0.3) is 0 Å². The van der Waals surface area contributed by atoms with E-state index in [4.69, 9.17) is 14.8 Å². The largest absolute Gasteiger partial charge is 0.497 e. The van der Waals surface area contributed by atoms with E-state index in [0.29, 0.717) is 5.92 Å². The summed E-state index contributed by atoms with van der Waals surface area (Å²) in [6.07, 6.45) is 0. The number of hydrazone groups is 1. The van der Waals surface area contributed by atoms with Gasteiger partial charge in [0.15, 0.2) is 5.84 Å². The summed E-state index contributed by atoms with van der Waals surface area (Å²) in [6.45, 7) is 4.40. The maximum atomic E-state index is 5.27. The topological polar surface area (TPSA) is 46.0 Å². The first-order valence-electron chi connectivity index (χ1n) is 11.5. The van der Waals surface area contributed by atoms with Crippen LogP contribution in [0.1, 0.15) is 42.0 Å². The smallest absolute Gasteiger partial charge is 0.154 e. The number of methoxy groups -OCH3 is 1. The Morgan fingerprint density at radius 3 is 1.91 bits per heavy atom. The van der Waals surface area contributed by atoms with Gasteiger partial charge in [-0.15, -0.1) is 0 Å². The molecule has 0 spiro atoms. The molecule has 4 nitrogen and oxygen atoms in total. The number of fused-ring (bicyclic) bond motifs is 1. The highest BCUT2D eigenvalue weighted by atomic mass is 16.5. The normalized spacial score (nSPS) is 12.8. The first-order chi connectivity index (χ1) is 16.6. The molecule has 0 bridgehead atoms. The third-order valence-corrected chi connectivity index (χ3v) is 6.10. The average Bonchev–Trinajstić information content (AvgIpc) is 3.09. The van der Waals surface area contributed by atoms with Crippen LogP contribution < -0.4 is 10.2 Å². The van der Waals surface area contributed by atoms with Gasteiger partial charge in [-0.05, 0) is 40.8 Å². The van der Waals surface area contributed by atoms with E-state index in [-0.39, 0.29) is 0 Å². The predicted octanol–water partition coefficient (Wildman–Crippen LogP) is 6.92. The van der Waals surface area contributed by atoms with E-state index in [1.165, 1.54) is 5.56 Å². The van der Waals surface area contributed by atoms with Crippen molar-refractivity contribution in [1.82, 2.24) is 5.43 Å². The molecule has 0 atom stereocenters. The van der Waals surface area contributed by atoms with E-state index in [1.807, 2.05) is 30.3 Å². The van der Waals surface area contributed by atoms with E-state index in [0.717, 1.165) is 50.8 Å². The first kappa shape index (κ1) is 21.7. The van der Waals surface area contributed by atoms with Gasteiger partial charge in [-0.3, -0.25) is 5.43 Å². The van der Waals surface area contributed by atoms with Crippen molar-refractivity contribution in [1.29, 1.82) is 0 Å². The van der Waals surface area contributed by atoms with Gasteiger partial charge >= 0.3 is 0 Å². The van der Waals surface area contributed by atoms with Crippen molar-refractivity contribution < 1.29 is 4.74 Å². The highest BCUT2D eigenvalue weighted by molar-refractivity contribution is 6.18. The molecule has 1 aliphatic heterocycles. The van der Waals surface area contributed by atoms with Crippen molar-refractivity contribution in [2.24, 2.45) is 10.1 Å². The quantitative estimate of drug-likeness (QED) is 0.362. The molecule has 1 heterocycles. The third kappa shape index (κ3) is 4.35. The monoisotopic (exact) mass is 445 g/mol.